The van der Waals surface area contributed by atoms with E-state index in [1.54, 1.807) is 14.2 Å². The minimum Gasteiger partial charge on any atom is -0.493 e. The number of methoxy groups -OCH3 is 2. The largest absolute Gasteiger partial charge is 0.493 e. The molecular weight excluding hydrogens is 238 g/mol. The fraction of sp³-hybridized carbons (Fsp3) is 0.250. The number of rotatable bonds is 3. The molecule has 0 heterocycles. The van der Waals surface area contributed by atoms with E-state index in [0.717, 1.165) is 17.1 Å². The van der Waals surface area contributed by atoms with Gasteiger partial charge in [-0.15, -0.1) is 0 Å². The first-order chi connectivity index (χ1) is 9.31. The highest BCUT2D eigenvalue weighted by Crippen LogP contribution is 2.51. The number of benzene rings is 2. The van der Waals surface area contributed by atoms with Crippen molar-refractivity contribution in [2.24, 2.45) is 5.73 Å². The zero-order valence-corrected chi connectivity index (χ0v) is 11.1. The molecule has 0 spiro atoms. The number of hydrogen-bond acceptors (Lipinski definition) is 3. The SMILES string of the molecule is COc1ccc2c(c1OC)-c1ccccc1[C@H]2CN. The van der Waals surface area contributed by atoms with Crippen molar-refractivity contribution in [3.63, 3.8) is 0 Å². The molecule has 2 aromatic rings. The zero-order chi connectivity index (χ0) is 13.4. The van der Waals surface area contributed by atoms with E-state index in [1.165, 1.54) is 16.7 Å². The van der Waals surface area contributed by atoms with Gasteiger partial charge in [-0.1, -0.05) is 30.3 Å². The fourth-order valence-electron chi connectivity index (χ4n) is 2.96. The average molecular weight is 255 g/mol. The monoisotopic (exact) mass is 255 g/mol. The van der Waals surface area contributed by atoms with Crippen LogP contribution < -0.4 is 15.2 Å². The molecule has 0 saturated heterocycles. The predicted molar refractivity (Wildman–Crippen MR) is 75.9 cm³/mol. The molecule has 0 fully saturated rings. The molecule has 1 aliphatic rings. The molecule has 19 heavy (non-hydrogen) atoms. The van der Waals surface area contributed by atoms with Crippen molar-refractivity contribution in [2.75, 3.05) is 20.8 Å². The van der Waals surface area contributed by atoms with Crippen LogP contribution in [0.1, 0.15) is 17.0 Å². The van der Waals surface area contributed by atoms with Gasteiger partial charge < -0.3 is 15.2 Å². The van der Waals surface area contributed by atoms with E-state index in [4.69, 9.17) is 15.2 Å². The molecule has 0 aromatic heterocycles. The minimum absolute atomic E-state index is 0.242. The van der Waals surface area contributed by atoms with Crippen molar-refractivity contribution in [2.45, 2.75) is 5.92 Å². The molecule has 0 saturated carbocycles. The number of ether oxygens (including phenoxy) is 2. The minimum atomic E-state index is 0.242. The summed E-state index contributed by atoms with van der Waals surface area (Å²) in [5.74, 6) is 1.79. The van der Waals surface area contributed by atoms with E-state index in [1.807, 2.05) is 12.1 Å². The Bertz CT molecular complexity index is 622. The third-order valence-corrected chi connectivity index (χ3v) is 3.79. The molecule has 0 amide bonds. The molecule has 98 valence electrons. The van der Waals surface area contributed by atoms with Crippen LogP contribution in [0.2, 0.25) is 0 Å². The maximum Gasteiger partial charge on any atom is 0.168 e. The molecule has 0 unspecified atom stereocenters. The van der Waals surface area contributed by atoms with Crippen LogP contribution in [0.4, 0.5) is 0 Å². The van der Waals surface area contributed by atoms with Crippen LogP contribution in [0.3, 0.4) is 0 Å². The van der Waals surface area contributed by atoms with Gasteiger partial charge >= 0.3 is 0 Å². The van der Waals surface area contributed by atoms with Gasteiger partial charge in [-0.3, -0.25) is 0 Å². The van der Waals surface area contributed by atoms with Crippen LogP contribution in [-0.2, 0) is 0 Å². The summed E-state index contributed by atoms with van der Waals surface area (Å²) in [7, 11) is 3.34. The molecule has 0 aliphatic heterocycles. The lowest BCUT2D eigenvalue weighted by Crippen LogP contribution is -2.11. The van der Waals surface area contributed by atoms with E-state index in [9.17, 15) is 0 Å². The standard InChI is InChI=1S/C16H17NO2/c1-18-14-8-7-12-13(9-17)10-5-3-4-6-11(10)15(12)16(14)19-2/h3-8,13H,9,17H2,1-2H3/t13-/m1/s1. The first kappa shape index (κ1) is 12.1. The van der Waals surface area contributed by atoms with Gasteiger partial charge in [0.25, 0.3) is 0 Å². The van der Waals surface area contributed by atoms with Crippen molar-refractivity contribution >= 4 is 0 Å². The summed E-state index contributed by atoms with van der Waals surface area (Å²) in [6.07, 6.45) is 0. The van der Waals surface area contributed by atoms with E-state index in [0.29, 0.717) is 6.54 Å². The zero-order valence-electron chi connectivity index (χ0n) is 11.1. The molecule has 2 aromatic carbocycles. The molecule has 1 atom stereocenters. The quantitative estimate of drug-likeness (QED) is 0.917. The first-order valence-corrected chi connectivity index (χ1v) is 6.36. The smallest absolute Gasteiger partial charge is 0.168 e. The van der Waals surface area contributed by atoms with Crippen LogP contribution in [0.5, 0.6) is 11.5 Å². The Morgan fingerprint density at radius 3 is 2.47 bits per heavy atom. The Labute approximate surface area is 113 Å². The summed E-state index contributed by atoms with van der Waals surface area (Å²) in [5.41, 5.74) is 10.8. The molecular formula is C16H17NO2. The van der Waals surface area contributed by atoms with Gasteiger partial charge in [-0.2, -0.15) is 0 Å². The molecule has 2 N–H and O–H groups in total. The number of nitrogens with two attached hydrogens (primary N) is 1. The van der Waals surface area contributed by atoms with E-state index >= 15 is 0 Å². The molecule has 0 bridgehead atoms. The molecule has 3 heteroatoms. The van der Waals surface area contributed by atoms with E-state index < -0.39 is 0 Å². The number of hydrogen-bond donors (Lipinski definition) is 1. The van der Waals surface area contributed by atoms with Gasteiger partial charge in [-0.25, -0.2) is 0 Å². The Hall–Kier alpha value is -2.00. The third-order valence-electron chi connectivity index (χ3n) is 3.79. The highest BCUT2D eigenvalue weighted by Gasteiger charge is 2.31. The maximum absolute atomic E-state index is 5.95. The third kappa shape index (κ3) is 1.62. The Morgan fingerprint density at radius 2 is 1.79 bits per heavy atom. The highest BCUT2D eigenvalue weighted by atomic mass is 16.5. The predicted octanol–water partition coefficient (Wildman–Crippen LogP) is 2.77. The molecule has 1 aliphatic carbocycles. The Balaban J connectivity index is 2.33. The van der Waals surface area contributed by atoms with Crippen molar-refractivity contribution in [3.8, 4) is 22.6 Å². The lowest BCUT2D eigenvalue weighted by atomic mass is 9.97. The van der Waals surface area contributed by atoms with Crippen molar-refractivity contribution in [3.05, 3.63) is 47.5 Å². The van der Waals surface area contributed by atoms with Gasteiger partial charge in [0.2, 0.25) is 0 Å². The summed E-state index contributed by atoms with van der Waals surface area (Å²) >= 11 is 0. The highest BCUT2D eigenvalue weighted by molar-refractivity contribution is 5.85. The van der Waals surface area contributed by atoms with Crippen LogP contribution in [0, 0.1) is 0 Å². The van der Waals surface area contributed by atoms with E-state index in [2.05, 4.69) is 24.3 Å². The van der Waals surface area contributed by atoms with Crippen LogP contribution >= 0.6 is 0 Å². The fourth-order valence-corrected chi connectivity index (χ4v) is 2.96. The van der Waals surface area contributed by atoms with Gasteiger partial charge in [-0.05, 0) is 22.8 Å². The normalized spacial score (nSPS) is 15.8. The molecule has 3 rings (SSSR count). The van der Waals surface area contributed by atoms with Crippen molar-refractivity contribution < 1.29 is 9.47 Å². The summed E-state index contributed by atoms with van der Waals surface area (Å²) in [4.78, 5) is 0. The summed E-state index contributed by atoms with van der Waals surface area (Å²) in [6.45, 7) is 0.597. The van der Waals surface area contributed by atoms with Crippen molar-refractivity contribution in [1.29, 1.82) is 0 Å². The van der Waals surface area contributed by atoms with Gasteiger partial charge in [0.05, 0.1) is 14.2 Å². The van der Waals surface area contributed by atoms with Crippen LogP contribution in [-0.4, -0.2) is 20.8 Å². The Kier molecular flexibility index (Phi) is 2.91. The second kappa shape index (κ2) is 4.59. The van der Waals surface area contributed by atoms with Gasteiger partial charge in [0, 0.05) is 18.0 Å². The topological polar surface area (TPSA) is 44.5 Å². The average Bonchev–Trinajstić information content (AvgIpc) is 2.79. The van der Waals surface area contributed by atoms with Gasteiger partial charge in [0.1, 0.15) is 0 Å². The summed E-state index contributed by atoms with van der Waals surface area (Å²) in [6, 6.07) is 12.4. The second-order valence-electron chi connectivity index (χ2n) is 4.64. The molecule has 0 radical (unpaired) electrons. The second-order valence-corrected chi connectivity index (χ2v) is 4.64. The first-order valence-electron chi connectivity index (χ1n) is 6.36. The van der Waals surface area contributed by atoms with Gasteiger partial charge in [0.15, 0.2) is 11.5 Å². The Morgan fingerprint density at radius 1 is 1.00 bits per heavy atom. The number of fused-ring (bicyclic) bond motifs is 3. The lowest BCUT2D eigenvalue weighted by molar-refractivity contribution is 0.356. The lowest BCUT2D eigenvalue weighted by Gasteiger charge is -2.14. The summed E-state index contributed by atoms with van der Waals surface area (Å²) in [5, 5.41) is 0. The summed E-state index contributed by atoms with van der Waals surface area (Å²) < 4.78 is 11.0. The van der Waals surface area contributed by atoms with Crippen LogP contribution in [0.25, 0.3) is 11.1 Å². The van der Waals surface area contributed by atoms with E-state index in [-0.39, 0.29) is 5.92 Å². The van der Waals surface area contributed by atoms with Crippen LogP contribution in [0.15, 0.2) is 36.4 Å². The van der Waals surface area contributed by atoms with Crippen molar-refractivity contribution in [1.82, 2.24) is 0 Å². The molecule has 3 nitrogen and oxygen atoms in total. The maximum atomic E-state index is 5.95.